The Kier molecular flexibility index (Phi) is 7.52. The Labute approximate surface area is 206 Å². The van der Waals surface area contributed by atoms with Gasteiger partial charge in [0, 0.05) is 0 Å². The Morgan fingerprint density at radius 2 is 1.64 bits per heavy atom. The maximum absolute atomic E-state index is 13.4. The van der Waals surface area contributed by atoms with Gasteiger partial charge in [0.1, 0.15) is 0 Å². The maximum atomic E-state index is 13.4. The van der Waals surface area contributed by atoms with Crippen molar-refractivity contribution in [3.63, 3.8) is 0 Å². The van der Waals surface area contributed by atoms with Gasteiger partial charge in [0.05, 0.1) is 36.7 Å². The number of hydrogen-bond donors (Lipinski definition) is 0. The molecule has 0 bridgehead atoms. The van der Waals surface area contributed by atoms with Gasteiger partial charge in [0.2, 0.25) is 0 Å². The lowest BCUT2D eigenvalue weighted by Gasteiger charge is -2.15. The molecule has 33 heavy (non-hydrogen) atoms. The van der Waals surface area contributed by atoms with E-state index in [1.807, 2.05) is 78.9 Å². The average molecular weight is 523 g/mol. The first-order valence-corrected chi connectivity index (χ1v) is 11.9. The van der Waals surface area contributed by atoms with Crippen LogP contribution in [-0.4, -0.2) is 30.2 Å². The molecular formula is C26H23BrN2O3S. The van der Waals surface area contributed by atoms with Crippen molar-refractivity contribution in [1.29, 1.82) is 0 Å². The van der Waals surface area contributed by atoms with E-state index in [1.165, 1.54) is 11.8 Å². The maximum Gasteiger partial charge on any atom is 0.267 e. The summed E-state index contributed by atoms with van der Waals surface area (Å²) in [6.45, 7) is 0.976. The molecule has 1 amide bonds. The van der Waals surface area contributed by atoms with Crippen molar-refractivity contribution in [2.24, 2.45) is 4.99 Å². The van der Waals surface area contributed by atoms with Gasteiger partial charge >= 0.3 is 0 Å². The van der Waals surface area contributed by atoms with E-state index in [2.05, 4.69) is 15.9 Å². The van der Waals surface area contributed by atoms with Crippen molar-refractivity contribution in [3.05, 3.63) is 98.9 Å². The fourth-order valence-electron chi connectivity index (χ4n) is 3.45. The number of methoxy groups -OCH3 is 2. The number of carbonyl (C=O) groups excluding carboxylic acids is 1. The molecule has 1 fully saturated rings. The topological polar surface area (TPSA) is 51.1 Å². The lowest BCUT2D eigenvalue weighted by atomic mass is 10.1. The Balaban J connectivity index is 1.67. The van der Waals surface area contributed by atoms with Gasteiger partial charge in [-0.2, -0.15) is 0 Å². The molecule has 0 spiro atoms. The lowest BCUT2D eigenvalue weighted by molar-refractivity contribution is -0.122. The van der Waals surface area contributed by atoms with E-state index < -0.39 is 0 Å². The molecule has 1 aliphatic heterocycles. The first-order chi connectivity index (χ1) is 16.1. The second-order valence-corrected chi connectivity index (χ2v) is 9.17. The number of hydrogen-bond acceptors (Lipinski definition) is 5. The van der Waals surface area contributed by atoms with Crippen LogP contribution < -0.4 is 9.47 Å². The molecule has 3 aromatic rings. The molecule has 0 unspecified atom stereocenters. The summed E-state index contributed by atoms with van der Waals surface area (Å²) < 4.78 is 11.6. The van der Waals surface area contributed by atoms with Gasteiger partial charge < -0.3 is 9.47 Å². The predicted molar refractivity (Wildman–Crippen MR) is 137 cm³/mol. The number of rotatable bonds is 7. The van der Waals surface area contributed by atoms with Crippen molar-refractivity contribution in [1.82, 2.24) is 4.90 Å². The smallest absolute Gasteiger partial charge is 0.267 e. The Morgan fingerprint density at radius 3 is 2.27 bits per heavy atom. The molecule has 0 saturated carbocycles. The third-order valence-corrected chi connectivity index (χ3v) is 6.70. The number of carbonyl (C=O) groups is 1. The van der Waals surface area contributed by atoms with Crippen molar-refractivity contribution in [2.45, 2.75) is 13.1 Å². The highest BCUT2D eigenvalue weighted by Gasteiger charge is 2.33. The van der Waals surface area contributed by atoms with E-state index in [9.17, 15) is 4.79 Å². The van der Waals surface area contributed by atoms with Gasteiger partial charge in [0.25, 0.3) is 5.91 Å². The van der Waals surface area contributed by atoms with Crippen LogP contribution >= 0.6 is 27.7 Å². The highest BCUT2D eigenvalue weighted by Crippen LogP contribution is 2.39. The van der Waals surface area contributed by atoms with Crippen LogP contribution in [0.1, 0.15) is 16.7 Å². The van der Waals surface area contributed by atoms with Gasteiger partial charge in [-0.3, -0.25) is 14.7 Å². The molecule has 0 atom stereocenters. The van der Waals surface area contributed by atoms with Crippen LogP contribution in [0.25, 0.3) is 6.08 Å². The molecule has 0 radical (unpaired) electrons. The van der Waals surface area contributed by atoms with Gasteiger partial charge in [-0.25, -0.2) is 0 Å². The zero-order valence-electron chi connectivity index (χ0n) is 18.3. The van der Waals surface area contributed by atoms with Gasteiger partial charge in [-0.05, 0) is 62.6 Å². The summed E-state index contributed by atoms with van der Waals surface area (Å²) in [5, 5.41) is 0.693. The second-order valence-electron chi connectivity index (χ2n) is 7.31. The number of thioether (sulfide) groups is 1. The molecule has 0 aromatic heterocycles. The third kappa shape index (κ3) is 5.49. The molecule has 1 aliphatic rings. The summed E-state index contributed by atoms with van der Waals surface area (Å²) in [4.78, 5) is 20.5. The van der Waals surface area contributed by atoms with Crippen molar-refractivity contribution < 1.29 is 14.3 Å². The second kappa shape index (κ2) is 10.7. The first-order valence-electron chi connectivity index (χ1n) is 10.3. The lowest BCUT2D eigenvalue weighted by Crippen LogP contribution is -2.28. The normalized spacial score (nSPS) is 16.0. The zero-order chi connectivity index (χ0) is 23.2. The van der Waals surface area contributed by atoms with Crippen LogP contribution in [0.5, 0.6) is 11.5 Å². The highest BCUT2D eigenvalue weighted by molar-refractivity contribution is 9.10. The molecule has 168 valence electrons. The standard InChI is InChI=1S/C26H23BrN2O3S/c1-31-22-14-20(13-21(27)24(22)32-2)15-23-25(30)29(17-19-11-7-4-8-12-19)26(33-23)28-16-18-9-5-3-6-10-18/h3-15H,16-17H2,1-2H3/b23-15+,28-26?. The van der Waals surface area contributed by atoms with Crippen LogP contribution in [0, 0.1) is 0 Å². The average Bonchev–Trinajstić information content (AvgIpc) is 3.12. The molecule has 0 aliphatic carbocycles. The number of nitrogens with zero attached hydrogens (tertiary/aromatic N) is 2. The van der Waals surface area contributed by atoms with E-state index in [-0.39, 0.29) is 5.91 Å². The molecule has 4 rings (SSSR count). The monoisotopic (exact) mass is 522 g/mol. The molecule has 1 heterocycles. The minimum absolute atomic E-state index is 0.0680. The third-order valence-electron chi connectivity index (χ3n) is 5.06. The Hall–Kier alpha value is -3.03. The molecule has 5 nitrogen and oxygen atoms in total. The summed E-state index contributed by atoms with van der Waals surface area (Å²) in [5.41, 5.74) is 2.98. The molecule has 0 N–H and O–H groups in total. The number of benzene rings is 3. The Morgan fingerprint density at radius 1 is 0.970 bits per heavy atom. The number of ether oxygens (including phenoxy) is 2. The van der Waals surface area contributed by atoms with Crippen LogP contribution in [-0.2, 0) is 17.9 Å². The van der Waals surface area contributed by atoms with E-state index in [4.69, 9.17) is 14.5 Å². The van der Waals surface area contributed by atoms with E-state index >= 15 is 0 Å². The zero-order valence-corrected chi connectivity index (χ0v) is 20.7. The van der Waals surface area contributed by atoms with Gasteiger partial charge in [0.15, 0.2) is 16.7 Å². The quantitative estimate of drug-likeness (QED) is 0.349. The predicted octanol–water partition coefficient (Wildman–Crippen LogP) is 6.14. The first kappa shape index (κ1) is 23.1. The summed E-state index contributed by atoms with van der Waals surface area (Å²) in [5.74, 6) is 1.13. The number of aliphatic imine (C=N–C) groups is 1. The van der Waals surface area contributed by atoms with Crippen LogP contribution in [0.15, 0.2) is 87.2 Å². The number of amides is 1. The fourth-order valence-corrected chi connectivity index (χ4v) is 5.04. The van der Waals surface area contributed by atoms with Crippen molar-refractivity contribution >= 4 is 44.8 Å². The van der Waals surface area contributed by atoms with Gasteiger partial charge in [-0.15, -0.1) is 0 Å². The molecule has 1 saturated heterocycles. The minimum Gasteiger partial charge on any atom is -0.493 e. The summed E-state index contributed by atoms with van der Waals surface area (Å²) in [7, 11) is 3.18. The molecule has 7 heteroatoms. The van der Waals surface area contributed by atoms with E-state index in [1.54, 1.807) is 19.1 Å². The highest BCUT2D eigenvalue weighted by atomic mass is 79.9. The van der Waals surface area contributed by atoms with Crippen LogP contribution in [0.2, 0.25) is 0 Å². The number of halogens is 1. The minimum atomic E-state index is -0.0680. The van der Waals surface area contributed by atoms with Crippen LogP contribution in [0.4, 0.5) is 0 Å². The molecule has 3 aromatic carbocycles. The van der Waals surface area contributed by atoms with Crippen molar-refractivity contribution in [3.8, 4) is 11.5 Å². The largest absolute Gasteiger partial charge is 0.493 e. The van der Waals surface area contributed by atoms with Crippen molar-refractivity contribution in [2.75, 3.05) is 14.2 Å². The summed E-state index contributed by atoms with van der Waals surface area (Å²) in [6, 6.07) is 23.7. The fraction of sp³-hybridized carbons (Fsp3) is 0.154. The van der Waals surface area contributed by atoms with E-state index in [0.29, 0.717) is 34.7 Å². The van der Waals surface area contributed by atoms with E-state index in [0.717, 1.165) is 21.2 Å². The number of amidine groups is 1. The summed E-state index contributed by atoms with van der Waals surface area (Å²) >= 11 is 4.91. The van der Waals surface area contributed by atoms with Crippen LogP contribution in [0.3, 0.4) is 0 Å². The molecular weight excluding hydrogens is 500 g/mol. The summed E-state index contributed by atoms with van der Waals surface area (Å²) in [6.07, 6.45) is 1.86. The Bertz CT molecular complexity index is 1200. The SMILES string of the molecule is COc1cc(/C=C2/SC(=NCc3ccccc3)N(Cc3ccccc3)C2=O)cc(Br)c1OC. The van der Waals surface area contributed by atoms with Gasteiger partial charge in [-0.1, -0.05) is 60.7 Å².